The fourth-order valence-corrected chi connectivity index (χ4v) is 3.42. The Balaban J connectivity index is 2.33. The number of benzene rings is 1. The van der Waals surface area contributed by atoms with E-state index in [1.807, 2.05) is 42.9 Å². The first-order chi connectivity index (χ1) is 8.59. The molecular weight excluding hydrogens is 361 g/mol. The molecule has 18 heavy (non-hydrogen) atoms. The smallest absolute Gasteiger partial charge is 0.282 e. The largest absolute Gasteiger partial charge is 0.287 e. The van der Waals surface area contributed by atoms with Gasteiger partial charge in [-0.15, -0.1) is 0 Å². The monoisotopic (exact) mass is 371 g/mol. The minimum Gasteiger partial charge on any atom is -0.282 e. The lowest BCUT2D eigenvalue weighted by atomic mass is 10.3. The van der Waals surface area contributed by atoms with Gasteiger partial charge in [-0.25, -0.2) is 4.98 Å². The number of aromatic nitrogens is 3. The molecule has 0 aliphatic heterocycles. The van der Waals surface area contributed by atoms with Gasteiger partial charge in [-0.1, -0.05) is 23.5 Å². The fourth-order valence-electron chi connectivity index (χ4n) is 1.84. The Kier molecular flexibility index (Phi) is 2.78. The van der Waals surface area contributed by atoms with Crippen molar-refractivity contribution in [3.63, 3.8) is 0 Å². The molecule has 3 rings (SSSR count). The number of para-hydroxylation sites is 1. The maximum atomic E-state index is 12.2. The van der Waals surface area contributed by atoms with Crippen LogP contribution in [0.3, 0.4) is 0 Å². The van der Waals surface area contributed by atoms with Crippen LogP contribution in [0, 0.1) is 10.5 Å². The summed E-state index contributed by atoms with van der Waals surface area (Å²) in [6.07, 6.45) is 0. The standard InChI is InChI=1S/C12H10IN3OS/c1-7-10(13)11(17)16(15(7)2)12-14-8-5-3-4-6-9(8)18-12/h3-6H,1-2H3. The Bertz CT molecular complexity index is 766. The van der Waals surface area contributed by atoms with Crippen LogP contribution in [0.15, 0.2) is 29.1 Å². The van der Waals surface area contributed by atoms with Gasteiger partial charge < -0.3 is 0 Å². The van der Waals surface area contributed by atoms with E-state index in [4.69, 9.17) is 0 Å². The molecule has 0 unspecified atom stereocenters. The highest BCUT2D eigenvalue weighted by atomic mass is 127. The predicted octanol–water partition coefficient (Wildman–Crippen LogP) is 2.70. The number of thiazole rings is 1. The van der Waals surface area contributed by atoms with Crippen LogP contribution >= 0.6 is 33.9 Å². The molecular formula is C12H10IN3OS. The Morgan fingerprint density at radius 1 is 1.33 bits per heavy atom. The van der Waals surface area contributed by atoms with E-state index in [-0.39, 0.29) is 5.56 Å². The first-order valence-corrected chi connectivity index (χ1v) is 7.29. The molecule has 0 atom stereocenters. The molecule has 0 amide bonds. The molecule has 1 aromatic carbocycles. The quantitative estimate of drug-likeness (QED) is 0.618. The second kappa shape index (κ2) is 4.20. The average Bonchev–Trinajstić information content (AvgIpc) is 2.86. The Hall–Kier alpha value is -1.15. The van der Waals surface area contributed by atoms with Crippen molar-refractivity contribution in [2.75, 3.05) is 0 Å². The van der Waals surface area contributed by atoms with Crippen LogP contribution in [0.25, 0.3) is 15.3 Å². The van der Waals surface area contributed by atoms with Gasteiger partial charge in [0.05, 0.1) is 15.9 Å². The van der Waals surface area contributed by atoms with E-state index >= 15 is 0 Å². The summed E-state index contributed by atoms with van der Waals surface area (Å²) in [7, 11) is 1.88. The Morgan fingerprint density at radius 2 is 2.06 bits per heavy atom. The molecule has 2 aromatic heterocycles. The second-order valence-electron chi connectivity index (χ2n) is 4.00. The summed E-state index contributed by atoms with van der Waals surface area (Å²) in [5, 5.41) is 0.717. The van der Waals surface area contributed by atoms with Crippen LogP contribution in [0.2, 0.25) is 0 Å². The summed E-state index contributed by atoms with van der Waals surface area (Å²) < 4.78 is 5.31. The fraction of sp³-hybridized carbons (Fsp3) is 0.167. The lowest BCUT2D eigenvalue weighted by Crippen LogP contribution is -2.20. The molecule has 0 N–H and O–H groups in total. The van der Waals surface area contributed by atoms with Crippen LogP contribution in [0.5, 0.6) is 0 Å². The van der Waals surface area contributed by atoms with Crippen LogP contribution in [0.1, 0.15) is 5.69 Å². The van der Waals surface area contributed by atoms with Crippen molar-refractivity contribution in [3.05, 3.63) is 43.9 Å². The third-order valence-electron chi connectivity index (χ3n) is 2.95. The van der Waals surface area contributed by atoms with Gasteiger partial charge in [-0.2, -0.15) is 4.68 Å². The van der Waals surface area contributed by atoms with Crippen LogP contribution < -0.4 is 5.56 Å². The summed E-state index contributed by atoms with van der Waals surface area (Å²) >= 11 is 3.61. The third-order valence-corrected chi connectivity index (χ3v) is 5.20. The first-order valence-electron chi connectivity index (χ1n) is 5.39. The maximum absolute atomic E-state index is 12.2. The summed E-state index contributed by atoms with van der Waals surface area (Å²) in [5.41, 5.74) is 1.88. The zero-order valence-corrected chi connectivity index (χ0v) is 12.8. The van der Waals surface area contributed by atoms with Gasteiger partial charge in [0.2, 0.25) is 5.13 Å². The highest BCUT2D eigenvalue weighted by Gasteiger charge is 2.16. The number of nitrogens with zero attached hydrogens (tertiary/aromatic N) is 3. The molecule has 0 saturated heterocycles. The molecule has 3 aromatic rings. The molecule has 0 fully saturated rings. The number of fused-ring (bicyclic) bond motifs is 1. The summed E-state index contributed by atoms with van der Waals surface area (Å²) in [5.74, 6) is 0. The molecule has 0 saturated carbocycles. The van der Waals surface area contributed by atoms with Gasteiger partial charge in [0.1, 0.15) is 3.57 Å². The van der Waals surface area contributed by atoms with E-state index in [1.165, 1.54) is 11.3 Å². The van der Waals surface area contributed by atoms with Crippen LogP contribution in [0.4, 0.5) is 0 Å². The van der Waals surface area contributed by atoms with E-state index < -0.39 is 0 Å². The highest BCUT2D eigenvalue weighted by Crippen LogP contribution is 2.24. The van der Waals surface area contributed by atoms with Crippen molar-refractivity contribution in [1.29, 1.82) is 0 Å². The van der Waals surface area contributed by atoms with Crippen molar-refractivity contribution >= 4 is 44.1 Å². The minimum absolute atomic E-state index is 0.00495. The van der Waals surface area contributed by atoms with E-state index in [9.17, 15) is 4.79 Å². The summed E-state index contributed by atoms with van der Waals surface area (Å²) in [6, 6.07) is 7.91. The predicted molar refractivity (Wildman–Crippen MR) is 81.6 cm³/mol. The Labute approximate surface area is 121 Å². The van der Waals surface area contributed by atoms with Gasteiger partial charge in [-0.05, 0) is 41.6 Å². The lowest BCUT2D eigenvalue weighted by Gasteiger charge is -2.03. The van der Waals surface area contributed by atoms with Crippen molar-refractivity contribution in [2.24, 2.45) is 7.05 Å². The summed E-state index contributed by atoms with van der Waals surface area (Å²) in [6.45, 7) is 1.94. The van der Waals surface area contributed by atoms with Crippen LogP contribution in [-0.4, -0.2) is 14.3 Å². The van der Waals surface area contributed by atoms with Gasteiger partial charge in [0.15, 0.2) is 0 Å². The summed E-state index contributed by atoms with van der Waals surface area (Å²) in [4.78, 5) is 16.7. The molecule has 0 aliphatic carbocycles. The molecule has 0 aliphatic rings. The highest BCUT2D eigenvalue weighted by molar-refractivity contribution is 14.1. The van der Waals surface area contributed by atoms with Crippen molar-refractivity contribution in [2.45, 2.75) is 6.92 Å². The third kappa shape index (κ3) is 1.63. The average molecular weight is 371 g/mol. The van der Waals surface area contributed by atoms with Crippen LogP contribution in [-0.2, 0) is 7.05 Å². The number of rotatable bonds is 1. The minimum atomic E-state index is -0.00495. The zero-order valence-electron chi connectivity index (χ0n) is 9.85. The van der Waals surface area contributed by atoms with E-state index in [0.717, 1.165) is 24.6 Å². The number of hydrogen-bond donors (Lipinski definition) is 0. The Morgan fingerprint density at radius 3 is 2.67 bits per heavy atom. The van der Waals surface area contributed by atoms with Crippen molar-refractivity contribution in [1.82, 2.24) is 14.3 Å². The van der Waals surface area contributed by atoms with Gasteiger partial charge in [-0.3, -0.25) is 9.48 Å². The SMILES string of the molecule is Cc1c(I)c(=O)n(-c2nc3ccccc3s2)n1C. The molecule has 92 valence electrons. The number of hydrogen-bond acceptors (Lipinski definition) is 3. The molecule has 6 heteroatoms. The van der Waals surface area contributed by atoms with Gasteiger partial charge in [0.25, 0.3) is 5.56 Å². The number of halogens is 1. The van der Waals surface area contributed by atoms with Gasteiger partial charge >= 0.3 is 0 Å². The molecule has 2 heterocycles. The zero-order chi connectivity index (χ0) is 12.9. The molecule has 0 bridgehead atoms. The maximum Gasteiger partial charge on any atom is 0.287 e. The van der Waals surface area contributed by atoms with E-state index in [2.05, 4.69) is 27.6 Å². The molecule has 0 spiro atoms. The van der Waals surface area contributed by atoms with Crippen molar-refractivity contribution < 1.29 is 0 Å². The molecule has 4 nitrogen and oxygen atoms in total. The molecule has 0 radical (unpaired) electrons. The second-order valence-corrected chi connectivity index (χ2v) is 6.09. The lowest BCUT2D eigenvalue weighted by molar-refractivity contribution is 0.628. The van der Waals surface area contributed by atoms with E-state index in [1.54, 1.807) is 4.68 Å². The van der Waals surface area contributed by atoms with Crippen molar-refractivity contribution in [3.8, 4) is 5.13 Å². The van der Waals surface area contributed by atoms with Gasteiger partial charge in [0, 0.05) is 7.05 Å². The normalized spacial score (nSPS) is 11.3. The topological polar surface area (TPSA) is 39.8 Å². The van der Waals surface area contributed by atoms with E-state index in [0.29, 0.717) is 0 Å². The first kappa shape index (κ1) is 11.9.